The summed E-state index contributed by atoms with van der Waals surface area (Å²) in [4.78, 5) is 12.7. The molecule has 0 aromatic heterocycles. The minimum Gasteiger partial charge on any atom is -0.394 e. The number of hydrogen-bond acceptors (Lipinski definition) is 2. The smallest absolute Gasteiger partial charge is 0.316 e. The summed E-state index contributed by atoms with van der Waals surface area (Å²) in [7, 11) is 0. The van der Waals surface area contributed by atoms with E-state index in [1.54, 1.807) is 0 Å². The number of carbonyl (C=O) groups excluding carboxylic acids is 1. The van der Waals surface area contributed by atoms with Crippen LogP contribution in [0.5, 0.6) is 0 Å². The van der Waals surface area contributed by atoms with E-state index in [4.69, 9.17) is 0 Å². The van der Waals surface area contributed by atoms with Crippen LogP contribution < -0.4 is 10.6 Å². The first-order chi connectivity index (χ1) is 12.1. The topological polar surface area (TPSA) is 61.4 Å². The molecule has 0 heterocycles. The van der Waals surface area contributed by atoms with E-state index >= 15 is 0 Å². The van der Waals surface area contributed by atoms with Crippen LogP contribution >= 0.6 is 0 Å². The zero-order chi connectivity index (χ0) is 17.7. The highest BCUT2D eigenvalue weighted by Gasteiger charge is 2.35. The number of nitrogens with one attached hydrogen (secondary N) is 2. The van der Waals surface area contributed by atoms with Gasteiger partial charge in [0.05, 0.1) is 18.2 Å². The second-order valence-electron chi connectivity index (χ2n) is 6.94. The first kappa shape index (κ1) is 17.5. The Kier molecular flexibility index (Phi) is 5.39. The monoisotopic (exact) mass is 338 g/mol. The standard InChI is InChI=1S/C21H26N2O2/c1-16-9-5-6-12-18(16)19(17-10-3-2-4-11-17)22-20(25)23-21(15-24)13-7-8-14-21/h2-6,9-12,19,24H,7-8,13-15H2,1H3,(H2,22,23,25)/t19-/m1/s1. The molecule has 25 heavy (non-hydrogen) atoms. The molecule has 4 heteroatoms. The maximum atomic E-state index is 12.7. The molecule has 1 fully saturated rings. The molecule has 2 amide bonds. The van der Waals surface area contributed by atoms with Gasteiger partial charge in [-0.3, -0.25) is 0 Å². The molecule has 1 atom stereocenters. The summed E-state index contributed by atoms with van der Waals surface area (Å²) < 4.78 is 0. The van der Waals surface area contributed by atoms with Crippen molar-refractivity contribution in [2.75, 3.05) is 6.61 Å². The minimum atomic E-state index is -0.475. The summed E-state index contributed by atoms with van der Waals surface area (Å²) in [5.41, 5.74) is 2.77. The van der Waals surface area contributed by atoms with Gasteiger partial charge in [-0.15, -0.1) is 0 Å². The molecule has 0 radical (unpaired) electrons. The van der Waals surface area contributed by atoms with Crippen molar-refractivity contribution in [2.24, 2.45) is 0 Å². The highest BCUT2D eigenvalue weighted by molar-refractivity contribution is 5.76. The molecule has 0 bridgehead atoms. The van der Waals surface area contributed by atoms with Crippen LogP contribution in [0.3, 0.4) is 0 Å². The van der Waals surface area contributed by atoms with Crippen molar-refractivity contribution in [2.45, 2.75) is 44.2 Å². The Morgan fingerprint density at radius 2 is 1.72 bits per heavy atom. The quantitative estimate of drug-likeness (QED) is 0.779. The Morgan fingerprint density at radius 3 is 2.36 bits per heavy atom. The number of aliphatic hydroxyl groups is 1. The molecule has 3 rings (SSSR count). The molecule has 0 aliphatic heterocycles. The van der Waals surface area contributed by atoms with Gasteiger partial charge in [0, 0.05) is 0 Å². The maximum absolute atomic E-state index is 12.7. The van der Waals surface area contributed by atoms with Gasteiger partial charge in [-0.25, -0.2) is 4.79 Å². The van der Waals surface area contributed by atoms with E-state index in [0.29, 0.717) is 0 Å². The highest BCUT2D eigenvalue weighted by atomic mass is 16.3. The van der Waals surface area contributed by atoms with Crippen molar-refractivity contribution in [3.63, 3.8) is 0 Å². The fourth-order valence-corrected chi connectivity index (χ4v) is 3.68. The zero-order valence-electron chi connectivity index (χ0n) is 14.7. The van der Waals surface area contributed by atoms with Crippen LogP contribution in [-0.4, -0.2) is 23.3 Å². The van der Waals surface area contributed by atoms with Gasteiger partial charge in [-0.2, -0.15) is 0 Å². The van der Waals surface area contributed by atoms with Crippen molar-refractivity contribution in [3.8, 4) is 0 Å². The third-order valence-corrected chi connectivity index (χ3v) is 5.15. The van der Waals surface area contributed by atoms with Crippen molar-refractivity contribution in [3.05, 3.63) is 71.3 Å². The van der Waals surface area contributed by atoms with E-state index in [0.717, 1.165) is 42.4 Å². The van der Waals surface area contributed by atoms with Crippen molar-refractivity contribution in [1.82, 2.24) is 10.6 Å². The summed E-state index contributed by atoms with van der Waals surface area (Å²) >= 11 is 0. The predicted octanol–water partition coefficient (Wildman–Crippen LogP) is 3.69. The molecule has 132 valence electrons. The van der Waals surface area contributed by atoms with Gasteiger partial charge in [-0.1, -0.05) is 67.4 Å². The van der Waals surface area contributed by atoms with E-state index in [9.17, 15) is 9.90 Å². The summed E-state index contributed by atoms with van der Waals surface area (Å²) in [5, 5.41) is 15.9. The molecular formula is C21H26N2O2. The first-order valence-corrected chi connectivity index (χ1v) is 8.94. The normalized spacial score (nSPS) is 17.0. The minimum absolute atomic E-state index is 0.0131. The second kappa shape index (κ2) is 7.70. The molecule has 3 N–H and O–H groups in total. The number of rotatable bonds is 5. The Bertz CT molecular complexity index is 709. The average molecular weight is 338 g/mol. The molecule has 1 saturated carbocycles. The van der Waals surface area contributed by atoms with Crippen LogP contribution in [0.25, 0.3) is 0 Å². The lowest BCUT2D eigenvalue weighted by molar-refractivity contribution is 0.162. The number of benzene rings is 2. The molecule has 0 spiro atoms. The van der Waals surface area contributed by atoms with Gasteiger partial charge in [0.15, 0.2) is 0 Å². The molecule has 1 aliphatic rings. The van der Waals surface area contributed by atoms with E-state index in [1.165, 1.54) is 0 Å². The number of carbonyl (C=O) groups is 1. The second-order valence-corrected chi connectivity index (χ2v) is 6.94. The average Bonchev–Trinajstić information content (AvgIpc) is 3.10. The lowest BCUT2D eigenvalue weighted by atomic mass is 9.95. The Labute approximate surface area is 149 Å². The van der Waals surface area contributed by atoms with Crippen molar-refractivity contribution < 1.29 is 9.90 Å². The van der Waals surface area contributed by atoms with Gasteiger partial charge in [0.1, 0.15) is 0 Å². The molecule has 2 aromatic rings. The molecule has 0 unspecified atom stereocenters. The van der Waals surface area contributed by atoms with Gasteiger partial charge in [-0.05, 0) is 36.5 Å². The van der Waals surface area contributed by atoms with Gasteiger partial charge < -0.3 is 15.7 Å². The van der Waals surface area contributed by atoms with E-state index < -0.39 is 5.54 Å². The maximum Gasteiger partial charge on any atom is 0.316 e. The van der Waals surface area contributed by atoms with Crippen LogP contribution in [0.4, 0.5) is 4.79 Å². The molecule has 4 nitrogen and oxygen atoms in total. The van der Waals surface area contributed by atoms with Crippen LogP contribution in [-0.2, 0) is 0 Å². The highest BCUT2D eigenvalue weighted by Crippen LogP contribution is 2.30. The van der Waals surface area contributed by atoms with Gasteiger partial charge in [0.2, 0.25) is 0 Å². The van der Waals surface area contributed by atoms with Crippen molar-refractivity contribution >= 4 is 6.03 Å². The number of aliphatic hydroxyl groups excluding tert-OH is 1. The molecule has 2 aromatic carbocycles. The summed E-state index contributed by atoms with van der Waals surface area (Å²) in [6.45, 7) is 2.04. The van der Waals surface area contributed by atoms with Crippen LogP contribution in [0.1, 0.15) is 48.4 Å². The zero-order valence-corrected chi connectivity index (χ0v) is 14.7. The van der Waals surface area contributed by atoms with Crippen LogP contribution in [0, 0.1) is 6.92 Å². The predicted molar refractivity (Wildman–Crippen MR) is 99.4 cm³/mol. The van der Waals surface area contributed by atoms with Crippen LogP contribution in [0.2, 0.25) is 0 Å². The fourth-order valence-electron chi connectivity index (χ4n) is 3.68. The van der Waals surface area contributed by atoms with Gasteiger partial charge >= 0.3 is 6.03 Å². The Hall–Kier alpha value is -2.33. The molecule has 0 saturated heterocycles. The van der Waals surface area contributed by atoms with E-state index in [1.807, 2.05) is 48.5 Å². The number of urea groups is 1. The molecular weight excluding hydrogens is 312 g/mol. The first-order valence-electron chi connectivity index (χ1n) is 8.94. The lowest BCUT2D eigenvalue weighted by Gasteiger charge is -2.30. The Morgan fingerprint density at radius 1 is 1.08 bits per heavy atom. The third-order valence-electron chi connectivity index (χ3n) is 5.15. The third kappa shape index (κ3) is 4.02. The number of hydrogen-bond donors (Lipinski definition) is 3. The van der Waals surface area contributed by atoms with E-state index in [2.05, 4.69) is 23.6 Å². The summed E-state index contributed by atoms with van der Waals surface area (Å²) in [5.74, 6) is 0. The van der Waals surface area contributed by atoms with Crippen LogP contribution in [0.15, 0.2) is 54.6 Å². The fraction of sp³-hybridized carbons (Fsp3) is 0.381. The largest absolute Gasteiger partial charge is 0.394 e. The lowest BCUT2D eigenvalue weighted by Crippen LogP contribution is -2.53. The van der Waals surface area contributed by atoms with E-state index in [-0.39, 0.29) is 18.7 Å². The van der Waals surface area contributed by atoms with Crippen molar-refractivity contribution in [1.29, 1.82) is 0 Å². The molecule has 1 aliphatic carbocycles. The Balaban J connectivity index is 1.83. The summed E-state index contributed by atoms with van der Waals surface area (Å²) in [6.07, 6.45) is 3.75. The van der Waals surface area contributed by atoms with Gasteiger partial charge in [0.25, 0.3) is 0 Å². The number of aryl methyl sites for hydroxylation is 1. The summed E-state index contributed by atoms with van der Waals surface area (Å²) in [6, 6.07) is 17.6. The SMILES string of the molecule is Cc1ccccc1[C@H](NC(=O)NC1(CO)CCCC1)c1ccccc1. The number of amides is 2.